The highest BCUT2D eigenvalue weighted by atomic mass is 16.5. The maximum Gasteiger partial charge on any atom is 0.164 e. The molecule has 0 bridgehead atoms. The van der Waals surface area contributed by atoms with Crippen LogP contribution in [0.1, 0.15) is 22.3 Å². The molecule has 8 aromatic carbocycles. The molecule has 1 aromatic heterocycles. The Hall–Kier alpha value is -7.43. The molecule has 4 nitrogen and oxygen atoms in total. The fourth-order valence-electron chi connectivity index (χ4n) is 8.67. The fourth-order valence-corrected chi connectivity index (χ4v) is 8.67. The number of ether oxygens (including phenoxy) is 1. The van der Waals surface area contributed by atoms with Crippen LogP contribution in [0.5, 0.6) is 11.5 Å². The Morgan fingerprint density at radius 1 is 0.286 bits per heavy atom. The van der Waals surface area contributed by atoms with Crippen LogP contribution >= 0.6 is 0 Å². The van der Waals surface area contributed by atoms with Crippen molar-refractivity contribution in [2.45, 2.75) is 5.41 Å². The number of rotatable bonds is 5. The normalized spacial score (nSPS) is 12.9. The molecule has 0 unspecified atom stereocenters. The average Bonchev–Trinajstić information content (AvgIpc) is 3.57. The summed E-state index contributed by atoms with van der Waals surface area (Å²) in [5.74, 6) is 3.44. The minimum atomic E-state index is -0.533. The molecule has 0 fully saturated rings. The van der Waals surface area contributed by atoms with Crippen LogP contribution in [0, 0.1) is 0 Å². The van der Waals surface area contributed by atoms with Gasteiger partial charge in [0.2, 0.25) is 0 Å². The van der Waals surface area contributed by atoms with Crippen molar-refractivity contribution in [1.29, 1.82) is 0 Å². The molecule has 2 heterocycles. The van der Waals surface area contributed by atoms with E-state index in [1.165, 1.54) is 33.4 Å². The van der Waals surface area contributed by atoms with Crippen LogP contribution in [-0.4, -0.2) is 15.0 Å². The highest BCUT2D eigenvalue weighted by molar-refractivity contribution is 5.89. The third-order valence-corrected chi connectivity index (χ3v) is 11.2. The number of nitrogens with zero attached hydrogens (tertiary/aromatic N) is 3. The first-order chi connectivity index (χ1) is 27.7. The van der Waals surface area contributed by atoms with Crippen molar-refractivity contribution in [3.05, 3.63) is 222 Å². The van der Waals surface area contributed by atoms with E-state index in [0.717, 1.165) is 50.4 Å². The van der Waals surface area contributed by atoms with E-state index in [0.29, 0.717) is 17.5 Å². The van der Waals surface area contributed by atoms with E-state index in [2.05, 4.69) is 158 Å². The molecular formula is C52H33N3O. The average molecular weight is 716 g/mol. The monoisotopic (exact) mass is 715 g/mol. The van der Waals surface area contributed by atoms with Gasteiger partial charge in [0.15, 0.2) is 17.5 Å². The minimum absolute atomic E-state index is 0.533. The number of benzene rings is 8. The lowest BCUT2D eigenvalue weighted by molar-refractivity contribution is 0.436. The summed E-state index contributed by atoms with van der Waals surface area (Å²) in [6.45, 7) is 0. The lowest BCUT2D eigenvalue weighted by Crippen LogP contribution is -2.32. The van der Waals surface area contributed by atoms with Gasteiger partial charge in [0.1, 0.15) is 11.5 Å². The predicted octanol–water partition coefficient (Wildman–Crippen LogP) is 12.7. The second-order valence-electron chi connectivity index (χ2n) is 14.3. The van der Waals surface area contributed by atoms with Crippen LogP contribution in [0.15, 0.2) is 200 Å². The largest absolute Gasteiger partial charge is 0.457 e. The standard InChI is InChI=1S/C52H33N3O/c1-3-14-34(15-4-1)35-26-28-36(29-27-35)38-18-13-19-39(32-38)50-53-49(37-16-5-2-6-17-37)54-51(55-50)40-30-31-46-48(33-40)56-47-25-12-11-24-45(47)52(46)43-22-9-7-20-41(43)42-21-8-10-23-44(42)52/h1-33H. The number of fused-ring (bicyclic) bond motifs is 9. The van der Waals surface area contributed by atoms with E-state index in [1.807, 2.05) is 42.5 Å². The van der Waals surface area contributed by atoms with Crippen molar-refractivity contribution < 1.29 is 4.74 Å². The maximum absolute atomic E-state index is 6.82. The van der Waals surface area contributed by atoms with E-state index in [4.69, 9.17) is 19.7 Å². The fraction of sp³-hybridized carbons (Fsp3) is 0.0192. The zero-order valence-electron chi connectivity index (χ0n) is 30.3. The second kappa shape index (κ2) is 12.9. The van der Waals surface area contributed by atoms with Gasteiger partial charge in [-0.25, -0.2) is 15.0 Å². The van der Waals surface area contributed by atoms with Gasteiger partial charge in [-0.3, -0.25) is 0 Å². The Morgan fingerprint density at radius 2 is 0.714 bits per heavy atom. The first-order valence-electron chi connectivity index (χ1n) is 18.9. The first kappa shape index (κ1) is 32.0. The third-order valence-electron chi connectivity index (χ3n) is 11.2. The summed E-state index contributed by atoms with van der Waals surface area (Å²) < 4.78 is 6.82. The number of hydrogen-bond acceptors (Lipinski definition) is 4. The number of hydrogen-bond donors (Lipinski definition) is 0. The van der Waals surface area contributed by atoms with E-state index in [1.54, 1.807) is 0 Å². The molecule has 9 aromatic rings. The third kappa shape index (κ3) is 5.04. The maximum atomic E-state index is 6.82. The molecule has 0 saturated heterocycles. The molecule has 0 atom stereocenters. The summed E-state index contributed by atoms with van der Waals surface area (Å²) >= 11 is 0. The predicted molar refractivity (Wildman–Crippen MR) is 224 cm³/mol. The second-order valence-corrected chi connectivity index (χ2v) is 14.3. The Morgan fingerprint density at radius 3 is 1.38 bits per heavy atom. The van der Waals surface area contributed by atoms with Gasteiger partial charge in [-0.2, -0.15) is 0 Å². The van der Waals surface area contributed by atoms with Crippen molar-refractivity contribution in [3.8, 4) is 79.0 Å². The first-order valence-corrected chi connectivity index (χ1v) is 18.9. The highest BCUT2D eigenvalue weighted by Gasteiger charge is 2.50. The Labute approximate surface area is 325 Å². The lowest BCUT2D eigenvalue weighted by Gasteiger charge is -2.39. The molecule has 4 heteroatoms. The molecule has 1 aliphatic carbocycles. The zero-order chi connectivity index (χ0) is 37.1. The molecule has 0 N–H and O–H groups in total. The molecule has 1 aliphatic heterocycles. The Balaban J connectivity index is 1.05. The zero-order valence-corrected chi connectivity index (χ0v) is 30.3. The summed E-state index contributed by atoms with van der Waals surface area (Å²) in [7, 11) is 0. The summed E-state index contributed by atoms with van der Waals surface area (Å²) in [6, 6.07) is 70.2. The van der Waals surface area contributed by atoms with Gasteiger partial charge in [0, 0.05) is 27.8 Å². The minimum Gasteiger partial charge on any atom is -0.457 e. The smallest absolute Gasteiger partial charge is 0.164 e. The molecule has 0 saturated carbocycles. The molecule has 0 amide bonds. The summed E-state index contributed by atoms with van der Waals surface area (Å²) in [5.41, 5.74) is 14.0. The van der Waals surface area contributed by atoms with Crippen LogP contribution in [0.3, 0.4) is 0 Å². The van der Waals surface area contributed by atoms with Crippen LogP contribution in [0.4, 0.5) is 0 Å². The van der Waals surface area contributed by atoms with Crippen molar-refractivity contribution >= 4 is 0 Å². The summed E-state index contributed by atoms with van der Waals surface area (Å²) in [4.78, 5) is 15.3. The van der Waals surface area contributed by atoms with Crippen LogP contribution in [-0.2, 0) is 5.41 Å². The number of aromatic nitrogens is 3. The van der Waals surface area contributed by atoms with Crippen LogP contribution in [0.2, 0.25) is 0 Å². The van der Waals surface area contributed by atoms with Gasteiger partial charge in [-0.05, 0) is 62.7 Å². The summed E-state index contributed by atoms with van der Waals surface area (Å²) in [6.07, 6.45) is 0. The van der Waals surface area contributed by atoms with E-state index in [-0.39, 0.29) is 0 Å². The topological polar surface area (TPSA) is 47.9 Å². The number of para-hydroxylation sites is 1. The van der Waals surface area contributed by atoms with Gasteiger partial charge in [0.25, 0.3) is 0 Å². The molecule has 11 rings (SSSR count). The molecule has 2 aliphatic rings. The van der Waals surface area contributed by atoms with Crippen molar-refractivity contribution in [2.75, 3.05) is 0 Å². The van der Waals surface area contributed by atoms with Crippen molar-refractivity contribution in [1.82, 2.24) is 15.0 Å². The highest BCUT2D eigenvalue weighted by Crippen LogP contribution is 2.62. The molecule has 56 heavy (non-hydrogen) atoms. The molecule has 0 radical (unpaired) electrons. The van der Waals surface area contributed by atoms with Crippen LogP contribution < -0.4 is 4.74 Å². The van der Waals surface area contributed by atoms with Gasteiger partial charge < -0.3 is 4.74 Å². The van der Waals surface area contributed by atoms with E-state index < -0.39 is 5.41 Å². The SMILES string of the molecule is c1ccc(-c2ccc(-c3cccc(-c4nc(-c5ccccc5)nc(-c5ccc6c(c5)Oc5ccccc5C65c6ccccc6-c6ccccc65)n4)c3)cc2)cc1. The quantitative estimate of drug-likeness (QED) is 0.178. The van der Waals surface area contributed by atoms with Gasteiger partial charge in [-0.1, -0.05) is 182 Å². The molecular weight excluding hydrogens is 683 g/mol. The van der Waals surface area contributed by atoms with Crippen molar-refractivity contribution in [3.63, 3.8) is 0 Å². The van der Waals surface area contributed by atoms with Gasteiger partial charge >= 0.3 is 0 Å². The Kier molecular flexibility index (Phi) is 7.36. The Bertz CT molecular complexity index is 2890. The van der Waals surface area contributed by atoms with Gasteiger partial charge in [0.05, 0.1) is 5.41 Å². The van der Waals surface area contributed by atoms with Crippen molar-refractivity contribution in [2.24, 2.45) is 0 Å². The summed E-state index contributed by atoms with van der Waals surface area (Å²) in [5, 5.41) is 0. The van der Waals surface area contributed by atoms with Gasteiger partial charge in [-0.15, -0.1) is 0 Å². The molecule has 1 spiro atoms. The van der Waals surface area contributed by atoms with E-state index >= 15 is 0 Å². The van der Waals surface area contributed by atoms with E-state index in [9.17, 15) is 0 Å². The lowest BCUT2D eigenvalue weighted by atomic mass is 9.66. The van der Waals surface area contributed by atoms with Crippen LogP contribution in [0.25, 0.3) is 67.5 Å². The molecule has 262 valence electrons.